The highest BCUT2D eigenvalue weighted by atomic mass is 15.2. The Balaban J connectivity index is 2.12. The summed E-state index contributed by atoms with van der Waals surface area (Å²) in [6.07, 6.45) is 1.35. The topological polar surface area (TPSA) is 15.3 Å². The van der Waals surface area contributed by atoms with Crippen molar-refractivity contribution < 1.29 is 0 Å². The normalized spacial score (nSPS) is 36.0. The smallest absolute Gasteiger partial charge is 0.0238 e. The molecule has 0 aromatic heterocycles. The Kier molecular flexibility index (Phi) is 3.33. The predicted molar refractivity (Wildman–Crippen MR) is 74.2 cm³/mol. The molecule has 2 nitrogen and oxygen atoms in total. The van der Waals surface area contributed by atoms with E-state index in [1.807, 2.05) is 0 Å². The van der Waals surface area contributed by atoms with Crippen molar-refractivity contribution in [2.45, 2.75) is 59.5 Å². The average molecular weight is 238 g/mol. The average Bonchev–Trinajstić information content (AvgIpc) is 2.57. The van der Waals surface area contributed by atoms with Crippen LogP contribution in [0.3, 0.4) is 0 Å². The van der Waals surface area contributed by atoms with Crippen molar-refractivity contribution >= 4 is 0 Å². The largest absolute Gasteiger partial charge is 0.312 e. The van der Waals surface area contributed by atoms with E-state index in [-0.39, 0.29) is 0 Å². The van der Waals surface area contributed by atoms with E-state index in [0.29, 0.717) is 11.0 Å². The van der Waals surface area contributed by atoms with Gasteiger partial charge in [-0.3, -0.25) is 4.90 Å². The van der Waals surface area contributed by atoms with Crippen molar-refractivity contribution in [2.24, 2.45) is 17.3 Å². The molecule has 100 valence electrons. The lowest BCUT2D eigenvalue weighted by atomic mass is 9.68. The maximum atomic E-state index is 3.74. The second-order valence-corrected chi connectivity index (χ2v) is 8.06. The molecule has 0 bridgehead atoms. The monoisotopic (exact) mass is 238 g/mol. The Labute approximate surface area is 107 Å². The highest BCUT2D eigenvalue weighted by Crippen LogP contribution is 2.42. The van der Waals surface area contributed by atoms with Crippen LogP contribution < -0.4 is 5.32 Å². The molecule has 2 fully saturated rings. The molecule has 2 aliphatic rings. The number of nitrogens with zero attached hydrogens (tertiary/aromatic N) is 1. The molecule has 0 aromatic rings. The number of likely N-dealkylation sites (tertiary alicyclic amines) is 1. The number of nitrogens with one attached hydrogen (secondary N) is 1. The van der Waals surface area contributed by atoms with Crippen LogP contribution >= 0.6 is 0 Å². The van der Waals surface area contributed by atoms with Gasteiger partial charge in [0.2, 0.25) is 0 Å². The van der Waals surface area contributed by atoms with Gasteiger partial charge in [-0.2, -0.15) is 0 Å². The van der Waals surface area contributed by atoms with Gasteiger partial charge >= 0.3 is 0 Å². The van der Waals surface area contributed by atoms with Crippen molar-refractivity contribution in [3.8, 4) is 0 Å². The van der Waals surface area contributed by atoms with Crippen LogP contribution in [0.5, 0.6) is 0 Å². The maximum absolute atomic E-state index is 3.74. The second-order valence-electron chi connectivity index (χ2n) is 8.06. The first kappa shape index (κ1) is 13.4. The summed E-state index contributed by atoms with van der Waals surface area (Å²) in [5.41, 5.74) is 0.778. The summed E-state index contributed by atoms with van der Waals surface area (Å²) in [6, 6.07) is 0.729. The van der Waals surface area contributed by atoms with Crippen LogP contribution in [0.25, 0.3) is 0 Å². The number of fused-ring (bicyclic) bond motifs is 1. The van der Waals surface area contributed by atoms with Crippen LogP contribution in [0.2, 0.25) is 0 Å². The molecule has 2 rings (SSSR count). The van der Waals surface area contributed by atoms with Crippen LogP contribution in [-0.2, 0) is 0 Å². The molecule has 2 saturated heterocycles. The minimum absolute atomic E-state index is 0.321. The van der Waals surface area contributed by atoms with Gasteiger partial charge in [-0.25, -0.2) is 0 Å². The standard InChI is InChI=1S/C15H30N2/c1-14(2,3)12-7-8-16-13-10-17(9-11(12)13)15(4,5)6/h11-13,16H,7-10H2,1-6H3. The predicted octanol–water partition coefficient (Wildman–Crippen LogP) is 2.74. The molecule has 2 aliphatic heterocycles. The molecule has 0 aliphatic carbocycles. The second kappa shape index (κ2) is 4.24. The van der Waals surface area contributed by atoms with Crippen LogP contribution in [-0.4, -0.2) is 36.1 Å². The Bertz CT molecular complexity index is 272. The van der Waals surface area contributed by atoms with Crippen molar-refractivity contribution in [1.29, 1.82) is 0 Å². The van der Waals surface area contributed by atoms with E-state index in [4.69, 9.17) is 0 Å². The van der Waals surface area contributed by atoms with Crippen molar-refractivity contribution in [3.63, 3.8) is 0 Å². The van der Waals surface area contributed by atoms with Gasteiger partial charge in [0.05, 0.1) is 0 Å². The van der Waals surface area contributed by atoms with Crippen LogP contribution in [0.1, 0.15) is 48.0 Å². The Morgan fingerprint density at radius 2 is 1.65 bits per heavy atom. The quantitative estimate of drug-likeness (QED) is 0.698. The molecule has 2 heteroatoms. The summed E-state index contributed by atoms with van der Waals surface area (Å²) < 4.78 is 0. The summed E-state index contributed by atoms with van der Waals surface area (Å²) in [5.74, 6) is 1.73. The zero-order chi connectivity index (χ0) is 12.8. The van der Waals surface area contributed by atoms with Gasteiger partial charge in [0.1, 0.15) is 0 Å². The van der Waals surface area contributed by atoms with Gasteiger partial charge in [0.15, 0.2) is 0 Å². The van der Waals surface area contributed by atoms with E-state index < -0.39 is 0 Å². The molecule has 3 atom stereocenters. The van der Waals surface area contributed by atoms with Crippen molar-refractivity contribution in [1.82, 2.24) is 10.2 Å². The van der Waals surface area contributed by atoms with E-state index in [0.717, 1.165) is 17.9 Å². The Morgan fingerprint density at radius 1 is 1.00 bits per heavy atom. The lowest BCUT2D eigenvalue weighted by molar-refractivity contribution is 0.0984. The maximum Gasteiger partial charge on any atom is 0.0238 e. The fourth-order valence-corrected chi connectivity index (χ4v) is 3.71. The molecule has 0 amide bonds. The van der Waals surface area contributed by atoms with Crippen LogP contribution in [0, 0.1) is 17.3 Å². The zero-order valence-electron chi connectivity index (χ0n) is 12.5. The first-order valence-corrected chi connectivity index (χ1v) is 7.18. The first-order chi connectivity index (χ1) is 7.69. The number of rotatable bonds is 0. The van der Waals surface area contributed by atoms with Gasteiger partial charge in [0, 0.05) is 24.7 Å². The molecule has 2 heterocycles. The lowest BCUT2D eigenvalue weighted by Crippen LogP contribution is -2.48. The fraction of sp³-hybridized carbons (Fsp3) is 1.00. The molecule has 0 aromatic carbocycles. The SMILES string of the molecule is CC(C)(C)C1CCNC2CN(C(C)(C)C)CC21. The number of hydrogen-bond acceptors (Lipinski definition) is 2. The molecule has 0 radical (unpaired) electrons. The third-order valence-corrected chi connectivity index (χ3v) is 4.80. The highest BCUT2D eigenvalue weighted by Gasteiger charge is 2.46. The van der Waals surface area contributed by atoms with E-state index in [2.05, 4.69) is 51.8 Å². The van der Waals surface area contributed by atoms with Gasteiger partial charge in [-0.15, -0.1) is 0 Å². The van der Waals surface area contributed by atoms with Crippen LogP contribution in [0.15, 0.2) is 0 Å². The van der Waals surface area contributed by atoms with E-state index in [1.165, 1.54) is 26.1 Å². The zero-order valence-corrected chi connectivity index (χ0v) is 12.5. The van der Waals surface area contributed by atoms with Crippen molar-refractivity contribution in [3.05, 3.63) is 0 Å². The summed E-state index contributed by atoms with van der Waals surface area (Å²) >= 11 is 0. The fourth-order valence-electron chi connectivity index (χ4n) is 3.71. The first-order valence-electron chi connectivity index (χ1n) is 7.18. The summed E-state index contributed by atoms with van der Waals surface area (Å²) in [4.78, 5) is 2.67. The van der Waals surface area contributed by atoms with E-state index >= 15 is 0 Å². The Hall–Kier alpha value is -0.0800. The summed E-state index contributed by atoms with van der Waals surface area (Å²) in [5, 5.41) is 3.74. The minimum Gasteiger partial charge on any atom is -0.312 e. The van der Waals surface area contributed by atoms with Crippen molar-refractivity contribution in [2.75, 3.05) is 19.6 Å². The highest BCUT2D eigenvalue weighted by molar-refractivity contribution is 5.01. The molecule has 0 spiro atoms. The molecule has 1 N–H and O–H groups in total. The molecule has 17 heavy (non-hydrogen) atoms. The van der Waals surface area contributed by atoms with E-state index in [1.54, 1.807) is 0 Å². The van der Waals surface area contributed by atoms with Gasteiger partial charge in [0.25, 0.3) is 0 Å². The minimum atomic E-state index is 0.321. The Morgan fingerprint density at radius 3 is 2.18 bits per heavy atom. The third kappa shape index (κ3) is 2.68. The molecule has 0 saturated carbocycles. The summed E-state index contributed by atoms with van der Waals surface area (Å²) in [7, 11) is 0. The molecule has 3 unspecified atom stereocenters. The van der Waals surface area contributed by atoms with E-state index in [9.17, 15) is 0 Å². The molecular weight excluding hydrogens is 208 g/mol. The summed E-state index contributed by atoms with van der Waals surface area (Å²) in [6.45, 7) is 18.0. The van der Waals surface area contributed by atoms with Crippen LogP contribution in [0.4, 0.5) is 0 Å². The lowest BCUT2D eigenvalue weighted by Gasteiger charge is -2.42. The van der Waals surface area contributed by atoms with Gasteiger partial charge in [-0.1, -0.05) is 20.8 Å². The number of piperidine rings is 1. The third-order valence-electron chi connectivity index (χ3n) is 4.80. The molecular formula is C15H30N2. The number of hydrogen-bond donors (Lipinski definition) is 1. The van der Waals surface area contributed by atoms with Gasteiger partial charge in [-0.05, 0) is 51.0 Å². The van der Waals surface area contributed by atoms with Gasteiger partial charge < -0.3 is 5.32 Å².